The third kappa shape index (κ3) is 3.79. The predicted molar refractivity (Wildman–Crippen MR) is 88.3 cm³/mol. The second kappa shape index (κ2) is 6.05. The Labute approximate surface area is 132 Å². The van der Waals surface area contributed by atoms with Gasteiger partial charge in [0.15, 0.2) is 0 Å². The number of benzene rings is 1. The van der Waals surface area contributed by atoms with Crippen molar-refractivity contribution in [2.24, 2.45) is 0 Å². The van der Waals surface area contributed by atoms with E-state index in [1.54, 1.807) is 6.07 Å². The van der Waals surface area contributed by atoms with Crippen LogP contribution < -0.4 is 5.32 Å². The molecule has 3 nitrogen and oxygen atoms in total. The van der Waals surface area contributed by atoms with E-state index in [1.165, 1.54) is 9.13 Å². The van der Waals surface area contributed by atoms with Gasteiger partial charge in [-0.3, -0.25) is 0 Å². The van der Waals surface area contributed by atoms with Gasteiger partial charge in [-0.15, -0.1) is 0 Å². The molecule has 2 rings (SSSR count). The number of aromatic nitrogens is 2. The highest BCUT2D eigenvalue weighted by Crippen LogP contribution is 2.24. The maximum atomic E-state index is 6.04. The zero-order valence-electron chi connectivity index (χ0n) is 11.0. The van der Waals surface area contributed by atoms with Crippen LogP contribution in [-0.4, -0.2) is 9.97 Å². The highest BCUT2D eigenvalue weighted by Gasteiger charge is 2.08. The number of anilines is 2. The first kappa shape index (κ1) is 14.5. The summed E-state index contributed by atoms with van der Waals surface area (Å²) < 4.78 is 1.18. The van der Waals surface area contributed by atoms with Crippen molar-refractivity contribution in [3.8, 4) is 0 Å². The van der Waals surface area contributed by atoms with E-state index in [0.717, 1.165) is 17.3 Å². The number of hydrogen-bond donors (Lipinski definition) is 1. The lowest BCUT2D eigenvalue weighted by molar-refractivity contribution is 0.776. The zero-order chi connectivity index (χ0) is 14.0. The number of nitrogens with zero attached hydrogens (tertiary/aromatic N) is 2. The van der Waals surface area contributed by atoms with Gasteiger partial charge in [0.05, 0.1) is 0 Å². The standard InChI is InChI=1S/C14H15ClIN3/c1-8(2)14-18-12(15)7-13(19-14)17-11-6-10(16)5-4-9(11)3/h4-8H,1-3H3,(H,17,18,19). The van der Waals surface area contributed by atoms with Crippen molar-refractivity contribution in [3.05, 3.63) is 44.4 Å². The molecule has 5 heteroatoms. The SMILES string of the molecule is Cc1ccc(I)cc1Nc1cc(Cl)nc(C(C)C)n1. The monoisotopic (exact) mass is 387 g/mol. The van der Waals surface area contributed by atoms with Crippen molar-refractivity contribution in [3.63, 3.8) is 0 Å². The highest BCUT2D eigenvalue weighted by atomic mass is 127. The van der Waals surface area contributed by atoms with Gasteiger partial charge in [0.25, 0.3) is 0 Å². The fourth-order valence-electron chi connectivity index (χ4n) is 1.62. The molecule has 0 bridgehead atoms. The second-order valence-electron chi connectivity index (χ2n) is 4.67. The van der Waals surface area contributed by atoms with E-state index in [0.29, 0.717) is 5.15 Å². The summed E-state index contributed by atoms with van der Waals surface area (Å²) in [6, 6.07) is 7.98. The van der Waals surface area contributed by atoms with Crippen LogP contribution in [0.15, 0.2) is 24.3 Å². The smallest absolute Gasteiger partial charge is 0.135 e. The molecule has 0 aliphatic rings. The Morgan fingerprint density at radius 1 is 1.21 bits per heavy atom. The average molecular weight is 388 g/mol. The van der Waals surface area contributed by atoms with Gasteiger partial charge in [0.1, 0.15) is 16.8 Å². The summed E-state index contributed by atoms with van der Waals surface area (Å²) in [6.07, 6.45) is 0. The van der Waals surface area contributed by atoms with Crippen LogP contribution in [0.4, 0.5) is 11.5 Å². The van der Waals surface area contributed by atoms with E-state index in [4.69, 9.17) is 11.6 Å². The van der Waals surface area contributed by atoms with Gasteiger partial charge in [-0.05, 0) is 47.2 Å². The summed E-state index contributed by atoms with van der Waals surface area (Å²) in [5.41, 5.74) is 2.21. The molecule has 19 heavy (non-hydrogen) atoms. The zero-order valence-corrected chi connectivity index (χ0v) is 14.0. The van der Waals surface area contributed by atoms with Gasteiger partial charge in [-0.1, -0.05) is 31.5 Å². The van der Waals surface area contributed by atoms with Gasteiger partial charge in [-0.2, -0.15) is 0 Å². The molecule has 1 aromatic heterocycles. The van der Waals surface area contributed by atoms with Crippen LogP contribution in [0, 0.1) is 10.5 Å². The summed E-state index contributed by atoms with van der Waals surface area (Å²) >= 11 is 8.33. The summed E-state index contributed by atoms with van der Waals surface area (Å²) in [4.78, 5) is 8.72. The normalized spacial score (nSPS) is 10.8. The lowest BCUT2D eigenvalue weighted by Gasteiger charge is -2.11. The lowest BCUT2D eigenvalue weighted by Crippen LogP contribution is -2.03. The van der Waals surface area contributed by atoms with E-state index in [2.05, 4.69) is 63.0 Å². The molecule has 0 saturated heterocycles. The first-order valence-electron chi connectivity index (χ1n) is 6.03. The Hall–Kier alpha value is -0.880. The van der Waals surface area contributed by atoms with Crippen molar-refractivity contribution in [2.75, 3.05) is 5.32 Å². The molecular weight excluding hydrogens is 373 g/mol. The molecule has 1 N–H and O–H groups in total. The molecular formula is C14H15ClIN3. The quantitative estimate of drug-likeness (QED) is 0.600. The molecule has 0 amide bonds. The van der Waals surface area contributed by atoms with Gasteiger partial charge >= 0.3 is 0 Å². The number of hydrogen-bond acceptors (Lipinski definition) is 3. The molecule has 1 heterocycles. The minimum atomic E-state index is 0.247. The Morgan fingerprint density at radius 2 is 1.95 bits per heavy atom. The Balaban J connectivity index is 2.35. The molecule has 0 fully saturated rings. The van der Waals surface area contributed by atoms with Crippen molar-refractivity contribution >= 4 is 45.7 Å². The minimum Gasteiger partial charge on any atom is -0.340 e. The van der Waals surface area contributed by atoms with Gasteiger partial charge in [-0.25, -0.2) is 9.97 Å². The first-order valence-corrected chi connectivity index (χ1v) is 7.49. The molecule has 0 unspecified atom stereocenters. The molecule has 1 aromatic carbocycles. The Bertz CT molecular complexity index is 599. The van der Waals surface area contributed by atoms with Crippen LogP contribution in [0.5, 0.6) is 0 Å². The van der Waals surface area contributed by atoms with Gasteiger partial charge in [0, 0.05) is 21.2 Å². The van der Waals surface area contributed by atoms with Crippen LogP contribution in [0.25, 0.3) is 0 Å². The van der Waals surface area contributed by atoms with E-state index < -0.39 is 0 Å². The van der Waals surface area contributed by atoms with Crippen LogP contribution in [0.2, 0.25) is 5.15 Å². The number of halogens is 2. The highest BCUT2D eigenvalue weighted by molar-refractivity contribution is 14.1. The summed E-state index contributed by atoms with van der Waals surface area (Å²) in [5.74, 6) is 1.73. The predicted octanol–water partition coefficient (Wildman–Crippen LogP) is 4.91. The Kier molecular flexibility index (Phi) is 4.62. The number of aryl methyl sites for hydroxylation is 1. The van der Waals surface area contributed by atoms with E-state index in [1.807, 2.05) is 13.8 Å². The molecule has 100 valence electrons. The van der Waals surface area contributed by atoms with Crippen molar-refractivity contribution in [2.45, 2.75) is 26.7 Å². The third-order valence-corrected chi connectivity index (χ3v) is 3.56. The van der Waals surface area contributed by atoms with Gasteiger partial charge in [0.2, 0.25) is 0 Å². The molecule has 0 saturated carbocycles. The van der Waals surface area contributed by atoms with Crippen LogP contribution in [0.1, 0.15) is 31.2 Å². The summed E-state index contributed by atoms with van der Waals surface area (Å²) in [7, 11) is 0. The van der Waals surface area contributed by atoms with E-state index in [9.17, 15) is 0 Å². The maximum absolute atomic E-state index is 6.04. The van der Waals surface area contributed by atoms with Crippen molar-refractivity contribution < 1.29 is 0 Å². The van der Waals surface area contributed by atoms with Crippen molar-refractivity contribution in [1.82, 2.24) is 9.97 Å². The second-order valence-corrected chi connectivity index (χ2v) is 6.31. The average Bonchev–Trinajstić information content (AvgIpc) is 2.33. The van der Waals surface area contributed by atoms with Crippen LogP contribution >= 0.6 is 34.2 Å². The molecule has 0 aliphatic heterocycles. The molecule has 2 aromatic rings. The molecule has 0 radical (unpaired) electrons. The Morgan fingerprint density at radius 3 is 2.63 bits per heavy atom. The topological polar surface area (TPSA) is 37.8 Å². The van der Waals surface area contributed by atoms with Crippen LogP contribution in [-0.2, 0) is 0 Å². The molecule has 0 spiro atoms. The number of nitrogens with one attached hydrogen (secondary N) is 1. The first-order chi connectivity index (χ1) is 8.95. The third-order valence-electron chi connectivity index (χ3n) is 2.69. The van der Waals surface area contributed by atoms with Gasteiger partial charge < -0.3 is 5.32 Å². The van der Waals surface area contributed by atoms with E-state index >= 15 is 0 Å². The fraction of sp³-hybridized carbons (Fsp3) is 0.286. The van der Waals surface area contributed by atoms with Crippen molar-refractivity contribution in [1.29, 1.82) is 0 Å². The van der Waals surface area contributed by atoms with Crippen LogP contribution in [0.3, 0.4) is 0 Å². The maximum Gasteiger partial charge on any atom is 0.135 e. The lowest BCUT2D eigenvalue weighted by atomic mass is 10.2. The number of rotatable bonds is 3. The molecule has 0 atom stereocenters. The minimum absolute atomic E-state index is 0.247. The fourth-order valence-corrected chi connectivity index (χ4v) is 2.31. The summed E-state index contributed by atoms with van der Waals surface area (Å²) in [6.45, 7) is 6.16. The summed E-state index contributed by atoms with van der Waals surface area (Å²) in [5, 5.41) is 3.77. The van der Waals surface area contributed by atoms with E-state index in [-0.39, 0.29) is 5.92 Å². The largest absolute Gasteiger partial charge is 0.340 e. The molecule has 0 aliphatic carbocycles.